The third-order valence-corrected chi connectivity index (χ3v) is 4.40. The van der Waals surface area contributed by atoms with Gasteiger partial charge in [-0.2, -0.15) is 0 Å². The van der Waals surface area contributed by atoms with E-state index in [1.54, 1.807) is 0 Å². The molecule has 0 aliphatic carbocycles. The quantitative estimate of drug-likeness (QED) is 0.807. The molecule has 0 aromatic heterocycles. The Kier molecular flexibility index (Phi) is 6.26. The SMILES string of the molecule is CCCN(C1CCCNC1)C(C)C(=O)N1CCOCC1. The van der Waals surface area contributed by atoms with Gasteiger partial charge >= 0.3 is 0 Å². The van der Waals surface area contributed by atoms with E-state index in [1.807, 2.05) is 4.90 Å². The zero-order valence-corrected chi connectivity index (χ0v) is 12.9. The molecule has 2 fully saturated rings. The zero-order valence-electron chi connectivity index (χ0n) is 12.9. The summed E-state index contributed by atoms with van der Waals surface area (Å²) in [6, 6.07) is 0.488. The molecule has 2 heterocycles. The second-order valence-corrected chi connectivity index (χ2v) is 5.85. The van der Waals surface area contributed by atoms with Gasteiger partial charge in [0.2, 0.25) is 5.91 Å². The predicted octanol–water partition coefficient (Wildman–Crippen LogP) is 0.698. The molecule has 1 amide bonds. The van der Waals surface area contributed by atoms with Gasteiger partial charge in [0.05, 0.1) is 19.3 Å². The molecule has 5 heteroatoms. The lowest BCUT2D eigenvalue weighted by atomic mass is 10.0. The Morgan fingerprint density at radius 2 is 2.20 bits per heavy atom. The molecule has 1 N–H and O–H groups in total. The molecule has 0 aromatic rings. The number of hydrogen-bond donors (Lipinski definition) is 1. The smallest absolute Gasteiger partial charge is 0.239 e. The Balaban J connectivity index is 1.97. The minimum Gasteiger partial charge on any atom is -0.378 e. The molecule has 0 bridgehead atoms. The number of rotatable bonds is 5. The first kappa shape index (κ1) is 15.7. The van der Waals surface area contributed by atoms with E-state index >= 15 is 0 Å². The molecule has 2 saturated heterocycles. The molecule has 2 rings (SSSR count). The Hall–Kier alpha value is -0.650. The van der Waals surface area contributed by atoms with Crippen LogP contribution in [0.4, 0.5) is 0 Å². The maximum Gasteiger partial charge on any atom is 0.239 e. The fraction of sp³-hybridized carbons (Fsp3) is 0.933. The summed E-state index contributed by atoms with van der Waals surface area (Å²) in [5.41, 5.74) is 0. The molecule has 2 aliphatic heterocycles. The van der Waals surface area contributed by atoms with Gasteiger partial charge < -0.3 is 15.0 Å². The average molecular weight is 283 g/mol. The molecular weight excluding hydrogens is 254 g/mol. The first-order chi connectivity index (χ1) is 9.74. The minimum atomic E-state index is -0.0158. The van der Waals surface area contributed by atoms with Gasteiger partial charge in [0.1, 0.15) is 0 Å². The van der Waals surface area contributed by atoms with Crippen molar-refractivity contribution in [2.75, 3.05) is 45.9 Å². The van der Waals surface area contributed by atoms with Crippen LogP contribution in [0.25, 0.3) is 0 Å². The average Bonchev–Trinajstić information content (AvgIpc) is 2.53. The third kappa shape index (κ3) is 3.93. The number of nitrogens with zero attached hydrogens (tertiary/aromatic N) is 2. The van der Waals surface area contributed by atoms with Crippen molar-refractivity contribution >= 4 is 5.91 Å². The van der Waals surface area contributed by atoms with Crippen LogP contribution in [0.3, 0.4) is 0 Å². The molecule has 5 nitrogen and oxygen atoms in total. The summed E-state index contributed by atoms with van der Waals surface area (Å²) < 4.78 is 5.34. The van der Waals surface area contributed by atoms with Crippen molar-refractivity contribution in [2.24, 2.45) is 0 Å². The van der Waals surface area contributed by atoms with E-state index in [-0.39, 0.29) is 11.9 Å². The molecule has 0 aromatic carbocycles. The van der Waals surface area contributed by atoms with Crippen molar-refractivity contribution < 1.29 is 9.53 Å². The van der Waals surface area contributed by atoms with E-state index in [0.717, 1.165) is 39.1 Å². The maximum atomic E-state index is 12.7. The number of morpholine rings is 1. The highest BCUT2D eigenvalue weighted by Crippen LogP contribution is 2.16. The highest BCUT2D eigenvalue weighted by molar-refractivity contribution is 5.81. The van der Waals surface area contributed by atoms with Gasteiger partial charge in [-0.15, -0.1) is 0 Å². The number of amides is 1. The van der Waals surface area contributed by atoms with E-state index in [2.05, 4.69) is 24.1 Å². The van der Waals surface area contributed by atoms with Crippen molar-refractivity contribution in [3.8, 4) is 0 Å². The summed E-state index contributed by atoms with van der Waals surface area (Å²) in [5.74, 6) is 0.271. The summed E-state index contributed by atoms with van der Waals surface area (Å²) in [6.45, 7) is 10.2. The molecule has 0 spiro atoms. The van der Waals surface area contributed by atoms with Gasteiger partial charge in [-0.1, -0.05) is 6.92 Å². The van der Waals surface area contributed by atoms with Crippen LogP contribution in [0.2, 0.25) is 0 Å². The van der Waals surface area contributed by atoms with Gasteiger partial charge in [0, 0.05) is 25.7 Å². The van der Waals surface area contributed by atoms with Crippen molar-refractivity contribution in [3.63, 3.8) is 0 Å². The predicted molar refractivity (Wildman–Crippen MR) is 79.7 cm³/mol. The molecule has 0 saturated carbocycles. The molecule has 2 atom stereocenters. The normalized spacial score (nSPS) is 25.8. The summed E-state index contributed by atoms with van der Waals surface area (Å²) >= 11 is 0. The van der Waals surface area contributed by atoms with Gasteiger partial charge in [-0.25, -0.2) is 0 Å². The van der Waals surface area contributed by atoms with E-state index in [1.165, 1.54) is 12.8 Å². The van der Waals surface area contributed by atoms with Crippen molar-refractivity contribution in [1.82, 2.24) is 15.1 Å². The van der Waals surface area contributed by atoms with Crippen molar-refractivity contribution in [3.05, 3.63) is 0 Å². The first-order valence-corrected chi connectivity index (χ1v) is 8.07. The van der Waals surface area contributed by atoms with Crippen molar-refractivity contribution in [2.45, 2.75) is 45.2 Å². The number of piperidine rings is 1. The van der Waals surface area contributed by atoms with Crippen LogP contribution in [-0.4, -0.2) is 73.7 Å². The van der Waals surface area contributed by atoms with E-state index in [0.29, 0.717) is 19.3 Å². The zero-order chi connectivity index (χ0) is 14.4. The van der Waals surface area contributed by atoms with Crippen LogP contribution in [0.15, 0.2) is 0 Å². The van der Waals surface area contributed by atoms with E-state index in [4.69, 9.17) is 4.74 Å². The fourth-order valence-electron chi connectivity index (χ4n) is 3.26. The Morgan fingerprint density at radius 3 is 2.80 bits per heavy atom. The number of hydrogen-bond acceptors (Lipinski definition) is 4. The molecule has 0 radical (unpaired) electrons. The molecule has 116 valence electrons. The topological polar surface area (TPSA) is 44.8 Å². The molecule has 2 unspecified atom stereocenters. The van der Waals surface area contributed by atoms with Crippen LogP contribution < -0.4 is 5.32 Å². The number of ether oxygens (including phenoxy) is 1. The first-order valence-electron chi connectivity index (χ1n) is 8.07. The van der Waals surface area contributed by atoms with E-state index < -0.39 is 0 Å². The van der Waals surface area contributed by atoms with Gasteiger partial charge in [0.15, 0.2) is 0 Å². The number of nitrogens with one attached hydrogen (secondary N) is 1. The highest BCUT2D eigenvalue weighted by atomic mass is 16.5. The minimum absolute atomic E-state index is 0.0158. The second-order valence-electron chi connectivity index (χ2n) is 5.85. The van der Waals surface area contributed by atoms with Crippen LogP contribution in [-0.2, 0) is 9.53 Å². The largest absolute Gasteiger partial charge is 0.378 e. The molecular formula is C15H29N3O2. The lowest BCUT2D eigenvalue weighted by Crippen LogP contribution is -2.56. The standard InChI is InChI=1S/C15H29N3O2/c1-3-7-18(14-5-4-6-16-12-14)13(2)15(19)17-8-10-20-11-9-17/h13-14,16H,3-12H2,1-2H3. The third-order valence-electron chi connectivity index (χ3n) is 4.40. The lowest BCUT2D eigenvalue weighted by Gasteiger charge is -2.40. The van der Waals surface area contributed by atoms with Crippen LogP contribution >= 0.6 is 0 Å². The maximum absolute atomic E-state index is 12.7. The fourth-order valence-corrected chi connectivity index (χ4v) is 3.26. The lowest BCUT2D eigenvalue weighted by molar-refractivity contribution is -0.141. The highest BCUT2D eigenvalue weighted by Gasteiger charge is 2.31. The summed E-state index contributed by atoms with van der Waals surface area (Å²) in [4.78, 5) is 17.0. The summed E-state index contributed by atoms with van der Waals surface area (Å²) in [5, 5.41) is 3.46. The van der Waals surface area contributed by atoms with Gasteiger partial charge in [-0.05, 0) is 39.3 Å². The summed E-state index contributed by atoms with van der Waals surface area (Å²) in [7, 11) is 0. The van der Waals surface area contributed by atoms with Crippen LogP contribution in [0.5, 0.6) is 0 Å². The van der Waals surface area contributed by atoms with Gasteiger partial charge in [0.25, 0.3) is 0 Å². The Morgan fingerprint density at radius 1 is 1.45 bits per heavy atom. The Labute approximate surface area is 122 Å². The molecule has 20 heavy (non-hydrogen) atoms. The molecule has 2 aliphatic rings. The monoisotopic (exact) mass is 283 g/mol. The van der Waals surface area contributed by atoms with E-state index in [9.17, 15) is 4.79 Å². The van der Waals surface area contributed by atoms with Crippen LogP contribution in [0, 0.1) is 0 Å². The number of carbonyl (C=O) groups excluding carboxylic acids is 1. The van der Waals surface area contributed by atoms with Crippen LogP contribution in [0.1, 0.15) is 33.1 Å². The van der Waals surface area contributed by atoms with Crippen molar-refractivity contribution in [1.29, 1.82) is 0 Å². The Bertz CT molecular complexity index is 299. The second kappa shape index (κ2) is 7.96. The van der Waals surface area contributed by atoms with Gasteiger partial charge in [-0.3, -0.25) is 9.69 Å². The number of carbonyl (C=O) groups is 1. The summed E-state index contributed by atoms with van der Waals surface area (Å²) in [6.07, 6.45) is 3.51.